The van der Waals surface area contributed by atoms with Gasteiger partial charge in [0.25, 0.3) is 0 Å². The van der Waals surface area contributed by atoms with Gasteiger partial charge in [0, 0.05) is 0 Å². The first-order chi connectivity index (χ1) is 12.4. The maximum atomic E-state index is 13.0. The van der Waals surface area contributed by atoms with Crippen molar-refractivity contribution in [3.63, 3.8) is 0 Å². The Kier molecular flexibility index (Phi) is 6.90. The first-order valence-corrected chi connectivity index (χ1v) is 9.86. The number of hydrogen-bond acceptors (Lipinski definition) is 5. The molecule has 0 fully saturated rings. The van der Waals surface area contributed by atoms with Gasteiger partial charge in [0.2, 0.25) is 5.91 Å². The summed E-state index contributed by atoms with van der Waals surface area (Å²) >= 11 is 1.58. The summed E-state index contributed by atoms with van der Waals surface area (Å²) in [6, 6.07) is 5.21. The molecule has 2 atom stereocenters. The summed E-state index contributed by atoms with van der Waals surface area (Å²) in [5, 5.41) is 5.58. The molecule has 0 aliphatic carbocycles. The van der Waals surface area contributed by atoms with Crippen molar-refractivity contribution in [3.05, 3.63) is 24.3 Å². The molecule has 142 valence electrons. The fraction of sp³-hybridized carbons (Fsp3) is 0.500. The fourth-order valence-corrected chi connectivity index (χ4v) is 3.42. The molecule has 0 saturated heterocycles. The Labute approximate surface area is 157 Å². The summed E-state index contributed by atoms with van der Waals surface area (Å²) in [6.07, 6.45) is 2.38. The van der Waals surface area contributed by atoms with Gasteiger partial charge in [-0.1, -0.05) is 26.0 Å². The van der Waals surface area contributed by atoms with Crippen LogP contribution in [0.5, 0.6) is 0 Å². The second kappa shape index (κ2) is 8.93. The summed E-state index contributed by atoms with van der Waals surface area (Å²) in [5.74, 6) is -0.141. The lowest BCUT2D eigenvalue weighted by molar-refractivity contribution is -0.142. The van der Waals surface area contributed by atoms with Gasteiger partial charge in [-0.2, -0.15) is 11.8 Å². The average molecular weight is 379 g/mol. The van der Waals surface area contributed by atoms with E-state index >= 15 is 0 Å². The molecule has 1 heterocycles. The molecule has 0 unspecified atom stereocenters. The number of thioether (sulfide) groups is 1. The number of anilines is 2. The Morgan fingerprint density at radius 2 is 2.04 bits per heavy atom. The lowest BCUT2D eigenvalue weighted by atomic mass is 9.98. The van der Waals surface area contributed by atoms with E-state index in [1.54, 1.807) is 36.0 Å². The molecule has 2 rings (SSSR count). The number of carbonyl (C=O) groups is 3. The number of esters is 1. The van der Waals surface area contributed by atoms with E-state index in [1.165, 1.54) is 12.0 Å². The zero-order valence-corrected chi connectivity index (χ0v) is 16.3. The second-order valence-corrected chi connectivity index (χ2v) is 7.36. The highest BCUT2D eigenvalue weighted by molar-refractivity contribution is 7.98. The van der Waals surface area contributed by atoms with Gasteiger partial charge in [0.15, 0.2) is 0 Å². The van der Waals surface area contributed by atoms with Crippen molar-refractivity contribution in [2.75, 3.05) is 29.3 Å². The van der Waals surface area contributed by atoms with Crippen molar-refractivity contribution in [2.24, 2.45) is 5.92 Å². The highest BCUT2D eigenvalue weighted by Crippen LogP contribution is 2.34. The van der Waals surface area contributed by atoms with Crippen molar-refractivity contribution in [2.45, 2.75) is 32.4 Å². The standard InChI is InChI=1S/C18H25N3O4S/c1-11(2)15-16(22)19-12-7-5-6-8-14(12)21(15)18(24)20-13(9-10-26-4)17(23)25-3/h5-8,11,13,15H,9-10H2,1-4H3,(H,19,22)(H,20,24)/t13-,15+/m0/s1. The number of para-hydroxylation sites is 2. The number of methoxy groups -OCH3 is 1. The third-order valence-corrected chi connectivity index (χ3v) is 4.86. The van der Waals surface area contributed by atoms with Crippen molar-refractivity contribution >= 4 is 41.0 Å². The number of benzene rings is 1. The number of urea groups is 1. The van der Waals surface area contributed by atoms with Gasteiger partial charge >= 0.3 is 12.0 Å². The predicted molar refractivity (Wildman–Crippen MR) is 104 cm³/mol. The van der Waals surface area contributed by atoms with Crippen LogP contribution in [-0.2, 0) is 14.3 Å². The summed E-state index contributed by atoms with van der Waals surface area (Å²) in [6.45, 7) is 3.76. The zero-order valence-electron chi connectivity index (χ0n) is 15.4. The Hall–Kier alpha value is -2.22. The summed E-state index contributed by atoms with van der Waals surface area (Å²) in [5.41, 5.74) is 1.18. The van der Waals surface area contributed by atoms with E-state index in [-0.39, 0.29) is 11.8 Å². The van der Waals surface area contributed by atoms with E-state index in [1.807, 2.05) is 20.1 Å². The number of ether oxygens (including phenoxy) is 1. The molecule has 0 radical (unpaired) electrons. The summed E-state index contributed by atoms with van der Waals surface area (Å²) in [4.78, 5) is 39.0. The topological polar surface area (TPSA) is 87.7 Å². The molecule has 26 heavy (non-hydrogen) atoms. The molecule has 7 nitrogen and oxygen atoms in total. The van der Waals surface area contributed by atoms with Crippen LogP contribution in [0.25, 0.3) is 0 Å². The maximum Gasteiger partial charge on any atom is 0.328 e. The van der Waals surface area contributed by atoms with E-state index in [4.69, 9.17) is 4.74 Å². The molecule has 0 bridgehead atoms. The van der Waals surface area contributed by atoms with E-state index in [9.17, 15) is 14.4 Å². The zero-order chi connectivity index (χ0) is 19.3. The normalized spacial score (nSPS) is 17.3. The highest BCUT2D eigenvalue weighted by atomic mass is 32.2. The number of nitrogens with zero attached hydrogens (tertiary/aromatic N) is 1. The molecular formula is C18H25N3O4S. The highest BCUT2D eigenvalue weighted by Gasteiger charge is 2.39. The van der Waals surface area contributed by atoms with Crippen LogP contribution in [0.2, 0.25) is 0 Å². The van der Waals surface area contributed by atoms with Crippen molar-refractivity contribution in [3.8, 4) is 0 Å². The minimum Gasteiger partial charge on any atom is -0.467 e. The SMILES string of the molecule is COC(=O)[C@H](CCSC)NC(=O)N1c2ccccc2NC(=O)[C@H]1C(C)C. The van der Waals surface area contributed by atoms with Gasteiger partial charge < -0.3 is 15.4 Å². The number of amides is 3. The summed E-state index contributed by atoms with van der Waals surface area (Å²) in [7, 11) is 1.29. The summed E-state index contributed by atoms with van der Waals surface area (Å²) < 4.78 is 4.80. The number of nitrogens with one attached hydrogen (secondary N) is 2. The smallest absolute Gasteiger partial charge is 0.328 e. The third kappa shape index (κ3) is 4.30. The maximum absolute atomic E-state index is 13.0. The Balaban J connectivity index is 2.33. The minimum atomic E-state index is -0.759. The molecule has 1 aliphatic rings. The van der Waals surface area contributed by atoms with Crippen LogP contribution in [0.15, 0.2) is 24.3 Å². The lowest BCUT2D eigenvalue weighted by Crippen LogP contribution is -2.58. The number of fused-ring (bicyclic) bond motifs is 1. The van der Waals surface area contributed by atoms with E-state index in [0.29, 0.717) is 23.5 Å². The molecule has 1 aromatic carbocycles. The van der Waals surface area contributed by atoms with Gasteiger partial charge in [-0.3, -0.25) is 9.69 Å². The molecule has 0 spiro atoms. The van der Waals surface area contributed by atoms with Gasteiger partial charge in [0.1, 0.15) is 12.1 Å². The van der Waals surface area contributed by atoms with E-state index in [0.717, 1.165) is 0 Å². The van der Waals surface area contributed by atoms with Crippen LogP contribution in [0.1, 0.15) is 20.3 Å². The average Bonchev–Trinajstić information content (AvgIpc) is 2.62. The molecule has 0 saturated carbocycles. The molecule has 0 aromatic heterocycles. The van der Waals surface area contributed by atoms with Gasteiger partial charge in [-0.15, -0.1) is 0 Å². The second-order valence-electron chi connectivity index (χ2n) is 6.37. The van der Waals surface area contributed by atoms with Crippen molar-refractivity contribution < 1.29 is 19.1 Å². The van der Waals surface area contributed by atoms with Gasteiger partial charge in [-0.05, 0) is 36.5 Å². The van der Waals surface area contributed by atoms with Crippen LogP contribution in [0, 0.1) is 5.92 Å². The van der Waals surface area contributed by atoms with Crippen LogP contribution in [0.3, 0.4) is 0 Å². The number of carbonyl (C=O) groups excluding carboxylic acids is 3. The minimum absolute atomic E-state index is 0.100. The lowest BCUT2D eigenvalue weighted by Gasteiger charge is -2.38. The molecule has 8 heteroatoms. The number of rotatable bonds is 6. The fourth-order valence-electron chi connectivity index (χ4n) is 2.95. The number of hydrogen-bond donors (Lipinski definition) is 2. The van der Waals surface area contributed by atoms with E-state index < -0.39 is 24.1 Å². The molecule has 1 aliphatic heterocycles. The van der Waals surface area contributed by atoms with Gasteiger partial charge in [-0.25, -0.2) is 9.59 Å². The first kappa shape index (κ1) is 20.1. The first-order valence-electron chi connectivity index (χ1n) is 8.47. The quantitative estimate of drug-likeness (QED) is 0.742. The van der Waals surface area contributed by atoms with Gasteiger partial charge in [0.05, 0.1) is 18.5 Å². The van der Waals surface area contributed by atoms with Crippen LogP contribution in [-0.4, -0.2) is 49.1 Å². The largest absolute Gasteiger partial charge is 0.467 e. The molecule has 2 N–H and O–H groups in total. The van der Waals surface area contributed by atoms with E-state index in [2.05, 4.69) is 10.6 Å². The molecule has 1 aromatic rings. The van der Waals surface area contributed by atoms with Crippen molar-refractivity contribution in [1.82, 2.24) is 5.32 Å². The molecular weight excluding hydrogens is 354 g/mol. The van der Waals surface area contributed by atoms with Crippen LogP contribution >= 0.6 is 11.8 Å². The van der Waals surface area contributed by atoms with Crippen molar-refractivity contribution in [1.29, 1.82) is 0 Å². The Morgan fingerprint density at radius 3 is 2.65 bits per heavy atom. The third-order valence-electron chi connectivity index (χ3n) is 4.21. The van der Waals surface area contributed by atoms with Crippen LogP contribution < -0.4 is 15.5 Å². The monoisotopic (exact) mass is 379 g/mol. The molecule has 3 amide bonds. The Bertz CT molecular complexity index is 680. The Morgan fingerprint density at radius 1 is 1.35 bits per heavy atom. The van der Waals surface area contributed by atoms with Crippen LogP contribution in [0.4, 0.5) is 16.2 Å². The predicted octanol–water partition coefficient (Wildman–Crippen LogP) is 2.47.